The van der Waals surface area contributed by atoms with Crippen molar-refractivity contribution >= 4 is 11.6 Å². The highest BCUT2D eigenvalue weighted by Gasteiger charge is 2.61. The van der Waals surface area contributed by atoms with Gasteiger partial charge in [0.25, 0.3) is 5.91 Å². The number of nitrogens with one attached hydrogen (secondary N) is 1. The highest BCUT2D eigenvalue weighted by atomic mass is 19.4. The largest absolute Gasteiger partial charge is 0.454 e. The van der Waals surface area contributed by atoms with Crippen LogP contribution in [0.25, 0.3) is 0 Å². The maximum absolute atomic E-state index is 14.4. The molecule has 1 aliphatic carbocycles. The van der Waals surface area contributed by atoms with Crippen molar-refractivity contribution in [3.05, 3.63) is 29.8 Å². The fourth-order valence-electron chi connectivity index (χ4n) is 3.25. The topological polar surface area (TPSA) is 56.8 Å². The minimum absolute atomic E-state index is 0.0213. The van der Waals surface area contributed by atoms with Gasteiger partial charge in [-0.05, 0) is 43.4 Å². The Bertz CT molecular complexity index is 772. The Morgan fingerprint density at radius 3 is 2.73 bits per heavy atom. The minimum atomic E-state index is -4.80. The van der Waals surface area contributed by atoms with Gasteiger partial charge in [-0.15, -0.1) is 0 Å². The normalized spacial score (nSPS) is 28.0. The van der Waals surface area contributed by atoms with Crippen LogP contribution in [0.15, 0.2) is 24.3 Å². The third-order valence-electron chi connectivity index (χ3n) is 4.81. The number of fused-ring (bicyclic) bond motifs is 3. The van der Waals surface area contributed by atoms with Crippen LogP contribution in [0, 0.1) is 5.92 Å². The third-order valence-corrected chi connectivity index (χ3v) is 4.81. The van der Waals surface area contributed by atoms with Crippen LogP contribution in [0.4, 0.5) is 18.9 Å². The fraction of sp³-hybridized carbons (Fsp3) is 0.500. The van der Waals surface area contributed by atoms with Crippen molar-refractivity contribution in [2.24, 2.45) is 5.92 Å². The van der Waals surface area contributed by atoms with Gasteiger partial charge in [-0.3, -0.25) is 4.79 Å². The number of ether oxygens (including phenoxy) is 3. The number of hydrogen-bond donors (Lipinski definition) is 1. The van der Waals surface area contributed by atoms with Crippen molar-refractivity contribution in [1.29, 1.82) is 0 Å². The zero-order chi connectivity index (χ0) is 18.5. The maximum Gasteiger partial charge on any atom is 0.425 e. The van der Waals surface area contributed by atoms with Crippen LogP contribution >= 0.6 is 0 Å². The van der Waals surface area contributed by atoms with Gasteiger partial charge < -0.3 is 19.5 Å². The molecular formula is C18H18F3NO4. The van der Waals surface area contributed by atoms with Crippen LogP contribution in [0.3, 0.4) is 0 Å². The van der Waals surface area contributed by atoms with Crippen molar-refractivity contribution in [3.8, 4) is 11.5 Å². The molecule has 0 bridgehead atoms. The van der Waals surface area contributed by atoms with Gasteiger partial charge in [-0.25, -0.2) is 0 Å². The van der Waals surface area contributed by atoms with Gasteiger partial charge in [-0.1, -0.05) is 13.0 Å². The van der Waals surface area contributed by atoms with E-state index in [1.54, 1.807) is 6.92 Å². The molecule has 2 atom stereocenters. The standard InChI is InChI=1S/C18H18F3NO4/c1-2-12-16(23)22-11-5-6-13-15(25-9-24-13)14(11)17(26-12,18(19,20)21)8-7-10-3-4-10/h5-8,10,12H,2-4,9H2,1H3,(H,22,23)/b8-7+/t12-,17-/m0/s1. The second kappa shape index (κ2) is 5.90. The zero-order valence-electron chi connectivity index (χ0n) is 14.1. The SMILES string of the molecule is CC[C@@H]1O[C@](/C=C/C2CC2)(C(F)(F)F)c2c(ccc3c2OCO3)NC1=O. The molecule has 0 radical (unpaired) electrons. The summed E-state index contributed by atoms with van der Waals surface area (Å²) in [5.41, 5.74) is -3.03. The van der Waals surface area contributed by atoms with E-state index >= 15 is 0 Å². The first kappa shape index (κ1) is 17.2. The molecule has 0 aromatic heterocycles. The summed E-state index contributed by atoms with van der Waals surface area (Å²) in [6.07, 6.45) is -1.69. The molecule has 1 N–H and O–H groups in total. The molecule has 0 unspecified atom stereocenters. The van der Waals surface area contributed by atoms with E-state index in [0.29, 0.717) is 0 Å². The lowest BCUT2D eigenvalue weighted by atomic mass is 9.89. The Balaban J connectivity index is 1.98. The highest BCUT2D eigenvalue weighted by Crippen LogP contribution is 2.55. The summed E-state index contributed by atoms with van der Waals surface area (Å²) in [6.45, 7) is 1.42. The number of benzene rings is 1. The Morgan fingerprint density at radius 1 is 1.31 bits per heavy atom. The number of amides is 1. The van der Waals surface area contributed by atoms with Gasteiger partial charge in [0.05, 0.1) is 11.3 Å². The molecule has 1 aromatic carbocycles. The molecule has 1 aromatic rings. The first-order valence-electron chi connectivity index (χ1n) is 8.53. The molecule has 8 heteroatoms. The number of rotatable bonds is 3. The van der Waals surface area contributed by atoms with Crippen LogP contribution in [-0.4, -0.2) is 25.0 Å². The van der Waals surface area contributed by atoms with E-state index < -0.39 is 23.8 Å². The van der Waals surface area contributed by atoms with E-state index in [0.717, 1.165) is 18.9 Å². The predicted octanol–water partition coefficient (Wildman–Crippen LogP) is 3.89. The monoisotopic (exact) mass is 369 g/mol. The molecule has 3 aliphatic rings. The Labute approximate surface area is 148 Å². The molecule has 1 fully saturated rings. The van der Waals surface area contributed by atoms with Gasteiger partial charge >= 0.3 is 6.18 Å². The van der Waals surface area contributed by atoms with Crippen molar-refractivity contribution < 1.29 is 32.2 Å². The van der Waals surface area contributed by atoms with Crippen molar-refractivity contribution in [1.82, 2.24) is 0 Å². The van der Waals surface area contributed by atoms with E-state index in [1.165, 1.54) is 18.2 Å². The molecule has 140 valence electrons. The summed E-state index contributed by atoms with van der Waals surface area (Å²) in [4.78, 5) is 12.4. The van der Waals surface area contributed by atoms with Crippen LogP contribution in [0.1, 0.15) is 31.7 Å². The lowest BCUT2D eigenvalue weighted by Gasteiger charge is -2.35. The fourth-order valence-corrected chi connectivity index (χ4v) is 3.25. The van der Waals surface area contributed by atoms with Crippen LogP contribution in [0.2, 0.25) is 0 Å². The Morgan fingerprint density at radius 2 is 2.08 bits per heavy atom. The van der Waals surface area contributed by atoms with E-state index in [-0.39, 0.29) is 41.9 Å². The molecule has 4 rings (SSSR count). The molecule has 26 heavy (non-hydrogen) atoms. The van der Waals surface area contributed by atoms with E-state index in [9.17, 15) is 18.0 Å². The molecule has 2 aliphatic heterocycles. The second-order valence-electron chi connectivity index (χ2n) is 6.66. The van der Waals surface area contributed by atoms with Gasteiger partial charge in [0, 0.05) is 0 Å². The van der Waals surface area contributed by atoms with E-state index in [1.807, 2.05) is 0 Å². The Hall–Kier alpha value is -2.22. The summed E-state index contributed by atoms with van der Waals surface area (Å²) in [6, 6.07) is 2.88. The van der Waals surface area contributed by atoms with Gasteiger partial charge in [-0.2, -0.15) is 13.2 Å². The average Bonchev–Trinajstić information content (AvgIpc) is 3.31. The van der Waals surface area contributed by atoms with Crippen LogP contribution < -0.4 is 14.8 Å². The number of hydrogen-bond acceptors (Lipinski definition) is 4. The third kappa shape index (κ3) is 2.63. The molecule has 0 spiro atoms. The van der Waals surface area contributed by atoms with Gasteiger partial charge in [0.1, 0.15) is 6.10 Å². The second-order valence-corrected chi connectivity index (χ2v) is 6.66. The summed E-state index contributed by atoms with van der Waals surface area (Å²) >= 11 is 0. The average molecular weight is 369 g/mol. The predicted molar refractivity (Wildman–Crippen MR) is 86.0 cm³/mol. The number of carbonyl (C=O) groups is 1. The highest BCUT2D eigenvalue weighted by molar-refractivity contribution is 5.96. The number of alkyl halides is 3. The first-order chi connectivity index (χ1) is 12.4. The lowest BCUT2D eigenvalue weighted by molar-refractivity contribution is -0.273. The van der Waals surface area contributed by atoms with Gasteiger partial charge in [0.2, 0.25) is 12.4 Å². The number of anilines is 1. The maximum atomic E-state index is 14.4. The lowest BCUT2D eigenvalue weighted by Crippen LogP contribution is -2.46. The smallest absolute Gasteiger partial charge is 0.425 e. The number of carbonyl (C=O) groups excluding carboxylic acids is 1. The summed E-state index contributed by atoms with van der Waals surface area (Å²) < 4.78 is 59.3. The van der Waals surface area contributed by atoms with E-state index in [4.69, 9.17) is 14.2 Å². The molecule has 2 heterocycles. The molecule has 1 amide bonds. The minimum Gasteiger partial charge on any atom is -0.454 e. The summed E-state index contributed by atoms with van der Waals surface area (Å²) in [5, 5.41) is 2.55. The van der Waals surface area contributed by atoms with Crippen molar-refractivity contribution in [2.45, 2.75) is 44.1 Å². The molecular weight excluding hydrogens is 351 g/mol. The van der Waals surface area contributed by atoms with Crippen LogP contribution in [-0.2, 0) is 15.1 Å². The molecule has 1 saturated carbocycles. The van der Waals surface area contributed by atoms with Crippen molar-refractivity contribution in [2.75, 3.05) is 12.1 Å². The van der Waals surface area contributed by atoms with Crippen molar-refractivity contribution in [3.63, 3.8) is 0 Å². The van der Waals surface area contributed by atoms with Crippen LogP contribution in [0.5, 0.6) is 11.5 Å². The molecule has 0 saturated heterocycles. The summed E-state index contributed by atoms with van der Waals surface area (Å²) in [7, 11) is 0. The quantitative estimate of drug-likeness (QED) is 0.822. The first-order valence-corrected chi connectivity index (χ1v) is 8.53. The number of halogens is 3. The Kier molecular flexibility index (Phi) is 3.91. The van der Waals surface area contributed by atoms with Gasteiger partial charge in [0.15, 0.2) is 11.5 Å². The summed E-state index contributed by atoms with van der Waals surface area (Å²) in [5.74, 6) is -0.358. The zero-order valence-corrected chi connectivity index (χ0v) is 14.1. The molecule has 5 nitrogen and oxygen atoms in total. The van der Waals surface area contributed by atoms with E-state index in [2.05, 4.69) is 5.32 Å². The number of allylic oxidation sites excluding steroid dienone is 1.